The predicted molar refractivity (Wildman–Crippen MR) is 66.4 cm³/mol. The minimum atomic E-state index is -0.571. The third-order valence-electron chi connectivity index (χ3n) is 2.40. The zero-order valence-electron chi connectivity index (χ0n) is 10.5. The Morgan fingerprint density at radius 2 is 1.89 bits per heavy atom. The van der Waals surface area contributed by atoms with Crippen LogP contribution in [0.25, 0.3) is 0 Å². The molecule has 0 saturated carbocycles. The Bertz CT molecular complexity index is 418. The van der Waals surface area contributed by atoms with E-state index in [1.807, 2.05) is 6.92 Å². The van der Waals surface area contributed by atoms with Crippen molar-refractivity contribution >= 4 is 11.8 Å². The molecule has 1 aromatic carbocycles. The molecule has 0 heterocycles. The first-order chi connectivity index (χ1) is 8.52. The molecule has 2 N–H and O–H groups in total. The predicted octanol–water partition coefficient (Wildman–Crippen LogP) is 1.01. The van der Waals surface area contributed by atoms with Crippen LogP contribution in [0.2, 0.25) is 0 Å². The summed E-state index contributed by atoms with van der Waals surface area (Å²) in [6, 6.07) is 5.13. The van der Waals surface area contributed by atoms with Crippen molar-refractivity contribution in [1.82, 2.24) is 10.6 Å². The fourth-order valence-corrected chi connectivity index (χ4v) is 1.47. The number of amides is 2. The molecule has 0 saturated heterocycles. The molecule has 0 fully saturated rings. The molecule has 0 radical (unpaired) electrons. The Kier molecular flexibility index (Phi) is 5.30. The summed E-state index contributed by atoms with van der Waals surface area (Å²) >= 11 is 0. The van der Waals surface area contributed by atoms with E-state index in [1.165, 1.54) is 12.1 Å². The van der Waals surface area contributed by atoms with Gasteiger partial charge >= 0.3 is 0 Å². The summed E-state index contributed by atoms with van der Waals surface area (Å²) in [6.07, 6.45) is 0.129. The van der Waals surface area contributed by atoms with Crippen molar-refractivity contribution in [2.45, 2.75) is 26.3 Å². The van der Waals surface area contributed by atoms with E-state index < -0.39 is 6.04 Å². The summed E-state index contributed by atoms with van der Waals surface area (Å²) in [5.74, 6) is -0.819. The zero-order chi connectivity index (χ0) is 13.5. The van der Waals surface area contributed by atoms with Crippen molar-refractivity contribution in [3.05, 3.63) is 35.6 Å². The van der Waals surface area contributed by atoms with Crippen molar-refractivity contribution in [2.24, 2.45) is 0 Å². The Morgan fingerprint density at radius 1 is 1.28 bits per heavy atom. The van der Waals surface area contributed by atoms with E-state index in [9.17, 15) is 14.0 Å². The monoisotopic (exact) mass is 252 g/mol. The first-order valence-corrected chi connectivity index (χ1v) is 5.84. The summed E-state index contributed by atoms with van der Waals surface area (Å²) in [5.41, 5.74) is 0.706. The van der Waals surface area contributed by atoms with Crippen LogP contribution in [-0.4, -0.2) is 24.4 Å². The Labute approximate surface area is 106 Å². The molecule has 18 heavy (non-hydrogen) atoms. The molecule has 5 heteroatoms. The number of nitrogens with one attached hydrogen (secondary N) is 2. The lowest BCUT2D eigenvalue weighted by atomic mass is 10.1. The molecule has 4 nitrogen and oxygen atoms in total. The van der Waals surface area contributed by atoms with Gasteiger partial charge in [-0.05, 0) is 31.5 Å². The smallest absolute Gasteiger partial charge is 0.242 e. The summed E-state index contributed by atoms with van der Waals surface area (Å²) in [7, 11) is 0. The molecule has 0 aliphatic rings. The largest absolute Gasteiger partial charge is 0.355 e. The van der Waals surface area contributed by atoms with Crippen LogP contribution >= 0.6 is 0 Å². The van der Waals surface area contributed by atoms with Crippen molar-refractivity contribution in [2.75, 3.05) is 6.54 Å². The van der Waals surface area contributed by atoms with Crippen LogP contribution in [-0.2, 0) is 16.0 Å². The first kappa shape index (κ1) is 14.2. The summed E-state index contributed by atoms with van der Waals surface area (Å²) in [4.78, 5) is 23.0. The molecular weight excluding hydrogens is 235 g/mol. The molecule has 1 unspecified atom stereocenters. The summed E-state index contributed by atoms with van der Waals surface area (Å²) < 4.78 is 12.7. The van der Waals surface area contributed by atoms with Gasteiger partial charge in [-0.1, -0.05) is 12.1 Å². The molecule has 1 aromatic rings. The number of carbonyl (C=O) groups excluding carboxylic acids is 2. The van der Waals surface area contributed by atoms with Gasteiger partial charge in [0.2, 0.25) is 11.8 Å². The van der Waals surface area contributed by atoms with E-state index in [0.717, 1.165) is 0 Å². The fourth-order valence-electron chi connectivity index (χ4n) is 1.47. The van der Waals surface area contributed by atoms with E-state index in [0.29, 0.717) is 12.1 Å². The molecule has 0 spiro atoms. The quantitative estimate of drug-likeness (QED) is 0.821. The number of halogens is 1. The summed E-state index contributed by atoms with van der Waals surface area (Å²) in [6.45, 7) is 3.95. The molecular formula is C13H17FN2O2. The molecule has 0 bridgehead atoms. The Balaban J connectivity index is 2.46. The van der Waals surface area contributed by atoms with Crippen molar-refractivity contribution in [3.8, 4) is 0 Å². The normalized spacial score (nSPS) is 11.7. The number of likely N-dealkylation sites (N-methyl/N-ethyl adjacent to an activating group) is 1. The SMILES string of the molecule is CCNC(=O)C(C)NC(=O)Cc1ccc(F)cc1. The molecule has 0 aromatic heterocycles. The minimum Gasteiger partial charge on any atom is -0.355 e. The third-order valence-corrected chi connectivity index (χ3v) is 2.40. The van der Waals surface area contributed by atoms with Gasteiger partial charge in [-0.15, -0.1) is 0 Å². The van der Waals surface area contributed by atoms with Crippen LogP contribution < -0.4 is 10.6 Å². The van der Waals surface area contributed by atoms with Gasteiger partial charge in [0.25, 0.3) is 0 Å². The second kappa shape index (κ2) is 6.74. The second-order valence-corrected chi connectivity index (χ2v) is 3.99. The van der Waals surface area contributed by atoms with E-state index >= 15 is 0 Å². The minimum absolute atomic E-state index is 0.129. The zero-order valence-corrected chi connectivity index (χ0v) is 10.5. The maximum absolute atomic E-state index is 12.7. The molecule has 2 amide bonds. The summed E-state index contributed by atoms with van der Waals surface area (Å²) in [5, 5.41) is 5.20. The highest BCUT2D eigenvalue weighted by atomic mass is 19.1. The number of benzene rings is 1. The van der Waals surface area contributed by atoms with Gasteiger partial charge in [-0.3, -0.25) is 9.59 Å². The fraction of sp³-hybridized carbons (Fsp3) is 0.385. The van der Waals surface area contributed by atoms with Crippen LogP contribution in [0, 0.1) is 5.82 Å². The van der Waals surface area contributed by atoms with Gasteiger partial charge in [0.15, 0.2) is 0 Å². The molecule has 0 aliphatic heterocycles. The lowest BCUT2D eigenvalue weighted by Gasteiger charge is -2.13. The number of rotatable bonds is 5. The van der Waals surface area contributed by atoms with Crippen LogP contribution in [0.3, 0.4) is 0 Å². The number of hydrogen-bond acceptors (Lipinski definition) is 2. The third kappa shape index (κ3) is 4.53. The highest BCUT2D eigenvalue weighted by molar-refractivity contribution is 5.87. The molecule has 1 rings (SSSR count). The lowest BCUT2D eigenvalue weighted by Crippen LogP contribution is -2.45. The average Bonchev–Trinajstić information content (AvgIpc) is 2.32. The van der Waals surface area contributed by atoms with Crippen molar-refractivity contribution in [1.29, 1.82) is 0 Å². The molecule has 1 atom stereocenters. The van der Waals surface area contributed by atoms with E-state index in [1.54, 1.807) is 19.1 Å². The van der Waals surface area contributed by atoms with Gasteiger partial charge in [0.1, 0.15) is 11.9 Å². The van der Waals surface area contributed by atoms with E-state index in [-0.39, 0.29) is 24.1 Å². The van der Waals surface area contributed by atoms with Crippen LogP contribution in [0.5, 0.6) is 0 Å². The van der Waals surface area contributed by atoms with Gasteiger partial charge in [-0.2, -0.15) is 0 Å². The second-order valence-electron chi connectivity index (χ2n) is 3.99. The maximum atomic E-state index is 12.7. The van der Waals surface area contributed by atoms with Gasteiger partial charge < -0.3 is 10.6 Å². The highest BCUT2D eigenvalue weighted by Crippen LogP contribution is 2.03. The number of carbonyl (C=O) groups is 2. The molecule has 98 valence electrons. The van der Waals surface area contributed by atoms with E-state index in [2.05, 4.69) is 10.6 Å². The van der Waals surface area contributed by atoms with Gasteiger partial charge in [-0.25, -0.2) is 4.39 Å². The standard InChI is InChI=1S/C13H17FN2O2/c1-3-15-13(18)9(2)16-12(17)8-10-4-6-11(14)7-5-10/h4-7,9H,3,8H2,1-2H3,(H,15,18)(H,16,17). The molecule has 0 aliphatic carbocycles. The van der Waals surface area contributed by atoms with Gasteiger partial charge in [0.05, 0.1) is 6.42 Å². The Morgan fingerprint density at radius 3 is 2.44 bits per heavy atom. The first-order valence-electron chi connectivity index (χ1n) is 5.84. The van der Waals surface area contributed by atoms with Crippen LogP contribution in [0.4, 0.5) is 4.39 Å². The lowest BCUT2D eigenvalue weighted by molar-refractivity contribution is -0.128. The van der Waals surface area contributed by atoms with Crippen molar-refractivity contribution in [3.63, 3.8) is 0 Å². The van der Waals surface area contributed by atoms with E-state index in [4.69, 9.17) is 0 Å². The average molecular weight is 252 g/mol. The topological polar surface area (TPSA) is 58.2 Å². The van der Waals surface area contributed by atoms with Crippen LogP contribution in [0.1, 0.15) is 19.4 Å². The Hall–Kier alpha value is -1.91. The maximum Gasteiger partial charge on any atom is 0.242 e. The van der Waals surface area contributed by atoms with Gasteiger partial charge in [0, 0.05) is 6.54 Å². The highest BCUT2D eigenvalue weighted by Gasteiger charge is 2.14. The van der Waals surface area contributed by atoms with Crippen LogP contribution in [0.15, 0.2) is 24.3 Å². The number of hydrogen-bond donors (Lipinski definition) is 2. The van der Waals surface area contributed by atoms with Crippen molar-refractivity contribution < 1.29 is 14.0 Å².